The predicted molar refractivity (Wildman–Crippen MR) is 94.2 cm³/mol. The van der Waals surface area contributed by atoms with Crippen molar-refractivity contribution in [2.45, 2.75) is 26.6 Å². The number of nitrogens with one attached hydrogen (secondary N) is 2. The van der Waals surface area contributed by atoms with Crippen LogP contribution in [0.2, 0.25) is 0 Å². The molecule has 10 heteroatoms. The zero-order valence-corrected chi connectivity index (χ0v) is 14.8. The molecule has 2 aromatic rings. The van der Waals surface area contributed by atoms with Gasteiger partial charge in [0.25, 0.3) is 0 Å². The second kappa shape index (κ2) is 9.06. The highest BCUT2D eigenvalue weighted by molar-refractivity contribution is 5.79. The fourth-order valence-electron chi connectivity index (χ4n) is 2.52. The number of aliphatic imine (C=N–C) groups is 1. The molecule has 27 heavy (non-hydrogen) atoms. The molecule has 1 aromatic heterocycles. The number of aromatic nitrogens is 2. The molecule has 0 aliphatic carbocycles. The van der Waals surface area contributed by atoms with Crippen LogP contribution in [0.5, 0.6) is 17.2 Å². The quantitative estimate of drug-likeness (QED) is 0.538. The molecule has 0 fully saturated rings. The normalized spacial score (nSPS) is 13.1. The Kier molecular flexibility index (Phi) is 6.29. The monoisotopic (exact) mass is 381 g/mol. The van der Waals surface area contributed by atoms with Crippen LogP contribution < -0.4 is 24.8 Å². The van der Waals surface area contributed by atoms with E-state index in [9.17, 15) is 8.78 Å². The van der Waals surface area contributed by atoms with Gasteiger partial charge in [-0.05, 0) is 13.0 Å². The summed E-state index contributed by atoms with van der Waals surface area (Å²) in [6.45, 7) is 1.21. The van der Waals surface area contributed by atoms with E-state index in [1.807, 2.05) is 17.7 Å². The summed E-state index contributed by atoms with van der Waals surface area (Å²) in [6.07, 6.45) is 5.31. The molecule has 1 aliphatic heterocycles. The molecule has 0 amide bonds. The van der Waals surface area contributed by atoms with Gasteiger partial charge in [0.2, 0.25) is 6.79 Å². The van der Waals surface area contributed by atoms with Crippen molar-refractivity contribution < 1.29 is 23.0 Å². The maximum Gasteiger partial charge on any atom is 0.387 e. The van der Waals surface area contributed by atoms with E-state index < -0.39 is 6.61 Å². The Morgan fingerprint density at radius 2 is 2.15 bits per heavy atom. The summed E-state index contributed by atoms with van der Waals surface area (Å²) in [4.78, 5) is 8.43. The number of ether oxygens (including phenoxy) is 3. The van der Waals surface area contributed by atoms with Crippen LogP contribution in [0.15, 0.2) is 35.8 Å². The largest absolute Gasteiger partial charge is 0.454 e. The minimum absolute atomic E-state index is 0.0206. The Morgan fingerprint density at radius 3 is 2.85 bits per heavy atom. The number of imidazole rings is 1. The van der Waals surface area contributed by atoms with Crippen molar-refractivity contribution in [3.63, 3.8) is 0 Å². The summed E-state index contributed by atoms with van der Waals surface area (Å²) < 4.78 is 42.5. The first-order valence-electron chi connectivity index (χ1n) is 8.51. The number of alkyl halides is 2. The summed E-state index contributed by atoms with van der Waals surface area (Å²) in [5.74, 6) is 1.45. The molecular weight excluding hydrogens is 360 g/mol. The average molecular weight is 381 g/mol. The van der Waals surface area contributed by atoms with Crippen LogP contribution in [-0.2, 0) is 13.1 Å². The fourth-order valence-corrected chi connectivity index (χ4v) is 2.52. The molecule has 0 bridgehead atoms. The number of nitrogens with zero attached hydrogens (tertiary/aromatic N) is 3. The van der Waals surface area contributed by atoms with Gasteiger partial charge in [-0.15, -0.1) is 0 Å². The predicted octanol–water partition coefficient (Wildman–Crippen LogP) is 1.97. The van der Waals surface area contributed by atoms with E-state index in [-0.39, 0.29) is 19.1 Å². The molecule has 146 valence electrons. The molecule has 2 heterocycles. The fraction of sp³-hybridized carbons (Fsp3) is 0.412. The first-order chi connectivity index (χ1) is 13.2. The summed E-state index contributed by atoms with van der Waals surface area (Å²) >= 11 is 0. The van der Waals surface area contributed by atoms with Crippen LogP contribution in [0, 0.1) is 0 Å². The molecule has 0 saturated heterocycles. The van der Waals surface area contributed by atoms with Gasteiger partial charge in [-0.1, -0.05) is 0 Å². The lowest BCUT2D eigenvalue weighted by molar-refractivity contribution is -0.0505. The second-order valence-electron chi connectivity index (χ2n) is 5.61. The van der Waals surface area contributed by atoms with Crippen LogP contribution in [-0.4, -0.2) is 42.0 Å². The number of rotatable bonds is 8. The Hall–Kier alpha value is -3.04. The zero-order chi connectivity index (χ0) is 19.1. The zero-order valence-electron chi connectivity index (χ0n) is 14.8. The smallest absolute Gasteiger partial charge is 0.387 e. The van der Waals surface area contributed by atoms with Crippen molar-refractivity contribution in [1.29, 1.82) is 0 Å². The maximum atomic E-state index is 12.7. The highest BCUT2D eigenvalue weighted by Crippen LogP contribution is 2.38. The molecule has 1 aromatic carbocycles. The van der Waals surface area contributed by atoms with E-state index in [1.165, 1.54) is 6.07 Å². The highest BCUT2D eigenvalue weighted by Gasteiger charge is 2.20. The highest BCUT2D eigenvalue weighted by atomic mass is 19.3. The van der Waals surface area contributed by atoms with Gasteiger partial charge in [0, 0.05) is 43.7 Å². The minimum Gasteiger partial charge on any atom is -0.454 e. The molecule has 1 aliphatic rings. The molecular formula is C17H21F2N5O3. The van der Waals surface area contributed by atoms with Crippen molar-refractivity contribution in [1.82, 2.24) is 20.2 Å². The molecule has 2 N–H and O–H groups in total. The second-order valence-corrected chi connectivity index (χ2v) is 5.61. The SMILES string of the molecule is CCNC(=NCc1cc2c(cc1OC(F)F)OCO2)NCCn1ccnc1. The summed E-state index contributed by atoms with van der Waals surface area (Å²) in [7, 11) is 0. The van der Waals surface area contributed by atoms with Crippen LogP contribution in [0.1, 0.15) is 12.5 Å². The van der Waals surface area contributed by atoms with Crippen LogP contribution in [0.3, 0.4) is 0 Å². The number of halogens is 2. The third-order valence-electron chi connectivity index (χ3n) is 3.75. The molecule has 3 rings (SSSR count). The Bertz CT molecular complexity index is 768. The van der Waals surface area contributed by atoms with Gasteiger partial charge in [0.1, 0.15) is 5.75 Å². The van der Waals surface area contributed by atoms with E-state index in [0.717, 1.165) is 0 Å². The van der Waals surface area contributed by atoms with E-state index in [2.05, 4.69) is 25.3 Å². The number of benzene rings is 1. The standard InChI is InChI=1S/C17H21F2N5O3/c1-2-21-17(22-4-6-24-5-3-20-10-24)23-9-12-7-14-15(26-11-25-14)8-13(12)27-16(18)19/h3,5,7-8,10,16H,2,4,6,9,11H2,1H3,(H2,21,22,23). The van der Waals surface area contributed by atoms with E-state index in [4.69, 9.17) is 9.47 Å². The van der Waals surface area contributed by atoms with Crippen molar-refractivity contribution in [3.05, 3.63) is 36.4 Å². The van der Waals surface area contributed by atoms with Crippen LogP contribution in [0.25, 0.3) is 0 Å². The van der Waals surface area contributed by atoms with Gasteiger partial charge >= 0.3 is 6.61 Å². The molecule has 0 spiro atoms. The Labute approximate surface area is 155 Å². The van der Waals surface area contributed by atoms with E-state index >= 15 is 0 Å². The van der Waals surface area contributed by atoms with Crippen molar-refractivity contribution >= 4 is 5.96 Å². The lowest BCUT2D eigenvalue weighted by Gasteiger charge is -2.13. The Morgan fingerprint density at radius 1 is 1.33 bits per heavy atom. The van der Waals surface area contributed by atoms with Gasteiger partial charge in [0.05, 0.1) is 12.9 Å². The van der Waals surface area contributed by atoms with Crippen molar-refractivity contribution in [2.75, 3.05) is 19.9 Å². The van der Waals surface area contributed by atoms with E-state index in [1.54, 1.807) is 18.6 Å². The van der Waals surface area contributed by atoms with Gasteiger partial charge < -0.3 is 29.4 Å². The van der Waals surface area contributed by atoms with Crippen LogP contribution in [0.4, 0.5) is 8.78 Å². The number of guanidine groups is 1. The number of hydrogen-bond donors (Lipinski definition) is 2. The summed E-state index contributed by atoms with van der Waals surface area (Å²) in [5, 5.41) is 6.30. The maximum absolute atomic E-state index is 12.7. The van der Waals surface area contributed by atoms with E-state index in [0.29, 0.717) is 42.7 Å². The third-order valence-corrected chi connectivity index (χ3v) is 3.75. The van der Waals surface area contributed by atoms with Crippen LogP contribution >= 0.6 is 0 Å². The summed E-state index contributed by atoms with van der Waals surface area (Å²) in [6, 6.07) is 3.01. The molecule has 0 unspecified atom stereocenters. The lowest BCUT2D eigenvalue weighted by atomic mass is 10.1. The van der Waals surface area contributed by atoms with Gasteiger partial charge in [-0.2, -0.15) is 8.78 Å². The van der Waals surface area contributed by atoms with Crippen molar-refractivity contribution in [3.8, 4) is 17.2 Å². The topological polar surface area (TPSA) is 81.9 Å². The van der Waals surface area contributed by atoms with Gasteiger partial charge in [0.15, 0.2) is 17.5 Å². The van der Waals surface area contributed by atoms with Gasteiger partial charge in [-0.25, -0.2) is 9.98 Å². The molecule has 0 atom stereocenters. The average Bonchev–Trinajstić information content (AvgIpc) is 3.30. The minimum atomic E-state index is -2.94. The van der Waals surface area contributed by atoms with Crippen molar-refractivity contribution in [2.24, 2.45) is 4.99 Å². The first-order valence-corrected chi connectivity index (χ1v) is 8.51. The third kappa shape index (κ3) is 5.22. The van der Waals surface area contributed by atoms with Gasteiger partial charge in [-0.3, -0.25) is 0 Å². The lowest BCUT2D eigenvalue weighted by Crippen LogP contribution is -2.38. The summed E-state index contributed by atoms with van der Waals surface area (Å²) in [5.41, 5.74) is 0.478. The molecule has 0 saturated carbocycles. The molecule has 0 radical (unpaired) electrons. The molecule has 8 nitrogen and oxygen atoms in total. The first kappa shape index (κ1) is 18.7. The number of hydrogen-bond acceptors (Lipinski definition) is 5. The Balaban J connectivity index is 1.68. The number of fused-ring (bicyclic) bond motifs is 1.